The number of aliphatic carboxylic acids is 1. The third-order valence-corrected chi connectivity index (χ3v) is 4.86. The lowest BCUT2D eigenvalue weighted by Crippen LogP contribution is -2.54. The van der Waals surface area contributed by atoms with Crippen molar-refractivity contribution in [3.63, 3.8) is 0 Å². The van der Waals surface area contributed by atoms with Crippen LogP contribution in [-0.4, -0.2) is 59.4 Å². The van der Waals surface area contributed by atoms with Crippen molar-refractivity contribution in [2.75, 3.05) is 19.7 Å². The molecule has 1 aliphatic heterocycles. The Morgan fingerprint density at radius 3 is 2.57 bits per heavy atom. The first-order chi connectivity index (χ1) is 9.97. The van der Waals surface area contributed by atoms with Gasteiger partial charge in [-0.1, -0.05) is 0 Å². The lowest BCUT2D eigenvalue weighted by Gasteiger charge is -2.37. The number of carbonyl (C=O) groups is 1. The predicted octanol–water partition coefficient (Wildman–Crippen LogP) is 1.86. The Bertz CT molecular complexity index is 353. The third kappa shape index (κ3) is 3.96. The second-order valence-corrected chi connectivity index (χ2v) is 6.77. The number of carboxylic acids is 1. The second-order valence-electron chi connectivity index (χ2n) is 6.77. The zero-order valence-electron chi connectivity index (χ0n) is 13.6. The highest BCUT2D eigenvalue weighted by atomic mass is 16.5. The van der Waals surface area contributed by atoms with E-state index in [-0.39, 0.29) is 6.04 Å². The van der Waals surface area contributed by atoms with E-state index in [0.717, 1.165) is 51.8 Å². The molecule has 2 atom stereocenters. The lowest BCUT2D eigenvalue weighted by atomic mass is 9.95. The molecular weight excluding hydrogens is 268 g/mol. The molecule has 5 heteroatoms. The molecule has 5 nitrogen and oxygen atoms in total. The summed E-state index contributed by atoms with van der Waals surface area (Å²) < 4.78 is 5.69. The summed E-state index contributed by atoms with van der Waals surface area (Å²) in [5.74, 6) is -0.692. The summed E-state index contributed by atoms with van der Waals surface area (Å²) in [6.45, 7) is 8.94. The maximum absolute atomic E-state index is 11.7. The predicted molar refractivity (Wildman–Crippen MR) is 82.5 cm³/mol. The molecule has 0 radical (unpaired) electrons. The molecule has 2 fully saturated rings. The molecule has 0 aromatic carbocycles. The van der Waals surface area contributed by atoms with Gasteiger partial charge in [0.1, 0.15) is 5.54 Å². The first-order valence-corrected chi connectivity index (χ1v) is 8.33. The number of nitrogens with one attached hydrogen (secondary N) is 1. The molecular formula is C16H30N2O3. The maximum Gasteiger partial charge on any atom is 0.323 e. The van der Waals surface area contributed by atoms with Gasteiger partial charge >= 0.3 is 5.97 Å². The summed E-state index contributed by atoms with van der Waals surface area (Å²) in [4.78, 5) is 14.2. The monoisotopic (exact) mass is 298 g/mol. The number of rotatable bonds is 6. The zero-order chi connectivity index (χ0) is 15.5. The van der Waals surface area contributed by atoms with Gasteiger partial charge < -0.3 is 14.7 Å². The Balaban J connectivity index is 1.91. The maximum atomic E-state index is 11.7. The largest absolute Gasteiger partial charge is 0.480 e. The Morgan fingerprint density at radius 2 is 2.05 bits per heavy atom. The number of carboxylic acid groups (broad SMARTS) is 1. The quantitative estimate of drug-likeness (QED) is 0.784. The average molecular weight is 298 g/mol. The molecule has 2 unspecified atom stereocenters. The van der Waals surface area contributed by atoms with Crippen LogP contribution in [0.3, 0.4) is 0 Å². The standard InChI is InChI=1S/C16H30N2O3/c1-4-21-14-6-9-18(10-7-14)13-5-8-16(11-13,15(19)20)17-12(2)3/h12-14,17H,4-11H2,1-3H3,(H,19,20). The van der Waals surface area contributed by atoms with Gasteiger partial charge in [-0.3, -0.25) is 10.1 Å². The van der Waals surface area contributed by atoms with Crippen molar-refractivity contribution in [1.29, 1.82) is 0 Å². The molecule has 1 heterocycles. The smallest absolute Gasteiger partial charge is 0.323 e. The fraction of sp³-hybridized carbons (Fsp3) is 0.938. The molecule has 1 saturated carbocycles. The number of piperidine rings is 1. The molecule has 2 rings (SSSR count). The van der Waals surface area contributed by atoms with Crippen molar-refractivity contribution < 1.29 is 14.6 Å². The van der Waals surface area contributed by atoms with Gasteiger partial charge in [-0.15, -0.1) is 0 Å². The Morgan fingerprint density at radius 1 is 1.38 bits per heavy atom. The fourth-order valence-corrected chi connectivity index (χ4v) is 3.91. The van der Waals surface area contributed by atoms with Crippen LogP contribution >= 0.6 is 0 Å². The van der Waals surface area contributed by atoms with E-state index in [4.69, 9.17) is 4.74 Å². The summed E-state index contributed by atoms with van der Waals surface area (Å²) in [7, 11) is 0. The summed E-state index contributed by atoms with van der Waals surface area (Å²) in [6, 6.07) is 0.596. The van der Waals surface area contributed by atoms with Gasteiger partial charge in [0, 0.05) is 31.8 Å². The molecule has 0 aromatic rings. The van der Waals surface area contributed by atoms with Crippen molar-refractivity contribution in [3.8, 4) is 0 Å². The van der Waals surface area contributed by atoms with Gasteiger partial charge in [0.2, 0.25) is 0 Å². The normalized spacial score (nSPS) is 31.9. The summed E-state index contributed by atoms with van der Waals surface area (Å²) >= 11 is 0. The molecule has 122 valence electrons. The van der Waals surface area contributed by atoms with E-state index in [9.17, 15) is 9.90 Å². The van der Waals surface area contributed by atoms with E-state index < -0.39 is 11.5 Å². The minimum absolute atomic E-state index is 0.198. The zero-order valence-corrected chi connectivity index (χ0v) is 13.6. The van der Waals surface area contributed by atoms with E-state index in [0.29, 0.717) is 12.1 Å². The van der Waals surface area contributed by atoms with Gasteiger partial charge in [0.15, 0.2) is 0 Å². The highest BCUT2D eigenvalue weighted by Gasteiger charge is 2.47. The van der Waals surface area contributed by atoms with Crippen molar-refractivity contribution in [1.82, 2.24) is 10.2 Å². The highest BCUT2D eigenvalue weighted by molar-refractivity contribution is 5.79. The van der Waals surface area contributed by atoms with Gasteiger partial charge in [0.05, 0.1) is 6.10 Å². The summed E-state index contributed by atoms with van der Waals surface area (Å²) in [6.07, 6.45) is 4.97. The molecule has 2 aliphatic rings. The van der Waals surface area contributed by atoms with Crippen LogP contribution in [0.2, 0.25) is 0 Å². The SMILES string of the molecule is CCOC1CCN(C2CCC(NC(C)C)(C(=O)O)C2)CC1. The van der Waals surface area contributed by atoms with E-state index in [2.05, 4.69) is 10.2 Å². The Labute approximate surface area is 128 Å². The van der Waals surface area contributed by atoms with Crippen LogP contribution in [0.4, 0.5) is 0 Å². The number of likely N-dealkylation sites (tertiary alicyclic amines) is 1. The third-order valence-electron chi connectivity index (χ3n) is 4.86. The summed E-state index contributed by atoms with van der Waals surface area (Å²) in [5, 5.41) is 12.9. The van der Waals surface area contributed by atoms with Crippen LogP contribution in [0.5, 0.6) is 0 Å². The summed E-state index contributed by atoms with van der Waals surface area (Å²) in [5.41, 5.74) is -0.727. The van der Waals surface area contributed by atoms with Crippen LogP contribution in [0.15, 0.2) is 0 Å². The molecule has 0 spiro atoms. The number of ether oxygens (including phenoxy) is 1. The van der Waals surface area contributed by atoms with Crippen LogP contribution < -0.4 is 5.32 Å². The van der Waals surface area contributed by atoms with Gasteiger partial charge in [0.25, 0.3) is 0 Å². The number of hydrogen-bond donors (Lipinski definition) is 2. The van der Waals surface area contributed by atoms with Crippen molar-refractivity contribution in [2.24, 2.45) is 0 Å². The van der Waals surface area contributed by atoms with E-state index in [1.54, 1.807) is 0 Å². The molecule has 0 amide bonds. The molecule has 0 bridgehead atoms. The van der Waals surface area contributed by atoms with E-state index >= 15 is 0 Å². The molecule has 1 aliphatic carbocycles. The molecule has 2 N–H and O–H groups in total. The van der Waals surface area contributed by atoms with Crippen LogP contribution in [0.1, 0.15) is 52.9 Å². The van der Waals surface area contributed by atoms with Crippen molar-refractivity contribution in [3.05, 3.63) is 0 Å². The van der Waals surface area contributed by atoms with Crippen LogP contribution in [0, 0.1) is 0 Å². The molecule has 1 saturated heterocycles. The van der Waals surface area contributed by atoms with Gasteiger partial charge in [-0.25, -0.2) is 0 Å². The highest BCUT2D eigenvalue weighted by Crippen LogP contribution is 2.35. The number of nitrogens with zero attached hydrogens (tertiary/aromatic N) is 1. The Hall–Kier alpha value is -0.650. The van der Waals surface area contributed by atoms with Gasteiger partial charge in [-0.2, -0.15) is 0 Å². The fourth-order valence-electron chi connectivity index (χ4n) is 3.91. The minimum atomic E-state index is -0.727. The van der Waals surface area contributed by atoms with E-state index in [1.807, 2.05) is 20.8 Å². The lowest BCUT2D eigenvalue weighted by molar-refractivity contribution is -0.145. The Kier molecular flexibility index (Phi) is 5.63. The van der Waals surface area contributed by atoms with Crippen LogP contribution in [-0.2, 0) is 9.53 Å². The first kappa shape index (κ1) is 16.7. The first-order valence-electron chi connectivity index (χ1n) is 8.33. The molecule has 21 heavy (non-hydrogen) atoms. The van der Waals surface area contributed by atoms with Crippen molar-refractivity contribution in [2.45, 2.75) is 76.6 Å². The number of hydrogen-bond acceptors (Lipinski definition) is 4. The second kappa shape index (κ2) is 7.07. The van der Waals surface area contributed by atoms with Gasteiger partial charge in [-0.05, 0) is 52.9 Å². The minimum Gasteiger partial charge on any atom is -0.480 e. The van der Waals surface area contributed by atoms with Crippen molar-refractivity contribution >= 4 is 5.97 Å². The van der Waals surface area contributed by atoms with E-state index in [1.165, 1.54) is 0 Å². The van der Waals surface area contributed by atoms with Crippen LogP contribution in [0.25, 0.3) is 0 Å². The average Bonchev–Trinajstić information content (AvgIpc) is 2.85. The molecule has 0 aromatic heterocycles. The topological polar surface area (TPSA) is 61.8 Å².